The minimum Gasteiger partial charge on any atom is -0.497 e. The van der Waals surface area contributed by atoms with Gasteiger partial charge in [-0.3, -0.25) is 19.2 Å². The Morgan fingerprint density at radius 3 is 2.03 bits per heavy atom. The van der Waals surface area contributed by atoms with Gasteiger partial charge in [-0.1, -0.05) is 48.5 Å². The first-order valence-electron chi connectivity index (χ1n) is 11.0. The van der Waals surface area contributed by atoms with Crippen LogP contribution in [0.5, 0.6) is 5.75 Å². The molecular formula is C27H18FNO6. The summed E-state index contributed by atoms with van der Waals surface area (Å²) in [4.78, 5) is 55.6. The molecule has 3 aliphatic rings. The summed E-state index contributed by atoms with van der Waals surface area (Å²) in [6.07, 6.45) is -1.08. The van der Waals surface area contributed by atoms with Crippen LogP contribution in [0.1, 0.15) is 32.4 Å². The van der Waals surface area contributed by atoms with Gasteiger partial charge in [-0.2, -0.15) is 0 Å². The molecule has 2 fully saturated rings. The molecule has 8 heteroatoms. The van der Waals surface area contributed by atoms with E-state index in [1.54, 1.807) is 36.4 Å². The molecule has 3 atom stereocenters. The number of carbonyl (C=O) groups is 4. The molecule has 0 aromatic heterocycles. The molecule has 174 valence electrons. The molecule has 0 N–H and O–H groups in total. The van der Waals surface area contributed by atoms with Crippen LogP contribution in [0.3, 0.4) is 0 Å². The van der Waals surface area contributed by atoms with Gasteiger partial charge in [0.2, 0.25) is 29.0 Å². The highest BCUT2D eigenvalue weighted by molar-refractivity contribution is 6.37. The number of amides is 2. The Labute approximate surface area is 199 Å². The van der Waals surface area contributed by atoms with Gasteiger partial charge in [-0.15, -0.1) is 0 Å². The van der Waals surface area contributed by atoms with Gasteiger partial charge >= 0.3 is 0 Å². The van der Waals surface area contributed by atoms with Crippen LogP contribution in [0, 0.1) is 17.7 Å². The number of halogens is 1. The normalized spacial score (nSPS) is 24.3. The average Bonchev–Trinajstić information content (AvgIpc) is 3.45. The summed E-state index contributed by atoms with van der Waals surface area (Å²) in [7, 11) is 1.50. The molecule has 2 saturated heterocycles. The van der Waals surface area contributed by atoms with Crippen LogP contribution in [0.2, 0.25) is 0 Å². The lowest BCUT2D eigenvalue weighted by molar-refractivity contribution is -0.127. The maximum atomic E-state index is 14.7. The summed E-state index contributed by atoms with van der Waals surface area (Å²) >= 11 is 0. The van der Waals surface area contributed by atoms with Crippen LogP contribution in [0.25, 0.3) is 0 Å². The van der Waals surface area contributed by atoms with Crippen molar-refractivity contribution in [1.82, 2.24) is 0 Å². The Hall–Kier alpha value is -4.17. The average molecular weight is 471 g/mol. The maximum Gasteiger partial charge on any atom is 0.241 e. The largest absolute Gasteiger partial charge is 0.497 e. The number of anilines is 1. The lowest BCUT2D eigenvalue weighted by atomic mass is 9.77. The lowest BCUT2D eigenvalue weighted by Crippen LogP contribution is -2.51. The first kappa shape index (κ1) is 21.4. The molecule has 2 heterocycles. The molecule has 2 amide bonds. The van der Waals surface area contributed by atoms with Crippen molar-refractivity contribution in [2.24, 2.45) is 11.8 Å². The number of benzene rings is 3. The number of nitrogens with zero attached hydrogens (tertiary/aromatic N) is 1. The van der Waals surface area contributed by atoms with E-state index in [1.165, 1.54) is 37.4 Å². The summed E-state index contributed by atoms with van der Waals surface area (Å²) in [5.74, 6) is -5.74. The highest BCUT2D eigenvalue weighted by atomic mass is 19.1. The van der Waals surface area contributed by atoms with Crippen LogP contribution < -0.4 is 9.64 Å². The van der Waals surface area contributed by atoms with Gasteiger partial charge in [0.1, 0.15) is 11.6 Å². The number of hydrogen-bond donors (Lipinski definition) is 0. The number of methoxy groups -OCH3 is 1. The minimum atomic E-state index is -2.20. The molecule has 6 rings (SSSR count). The van der Waals surface area contributed by atoms with Crippen molar-refractivity contribution >= 4 is 29.1 Å². The standard InChI is InChI=1S/C27H18FNO6/c1-34-15-12-10-14(11-13-15)22-20-21(26(33)29(25(20)32)19-9-5-4-8-18(19)28)27(35-22)23(30)16-6-2-3-7-17(16)24(27)31/h2-13,20-22H,1H3/t20-,21+,22+/m0/s1. The predicted octanol–water partition coefficient (Wildman–Crippen LogP) is 3.53. The zero-order valence-electron chi connectivity index (χ0n) is 18.4. The number of fused-ring (bicyclic) bond motifs is 3. The molecule has 2 aliphatic heterocycles. The third-order valence-electron chi connectivity index (χ3n) is 7.06. The number of para-hydroxylation sites is 1. The van der Waals surface area contributed by atoms with Gasteiger partial charge in [-0.05, 0) is 29.8 Å². The van der Waals surface area contributed by atoms with E-state index in [-0.39, 0.29) is 16.8 Å². The second-order valence-electron chi connectivity index (χ2n) is 8.72. The molecule has 3 aromatic carbocycles. The molecule has 7 nitrogen and oxygen atoms in total. The zero-order valence-corrected chi connectivity index (χ0v) is 18.4. The van der Waals surface area contributed by atoms with E-state index in [4.69, 9.17) is 9.47 Å². The summed E-state index contributed by atoms with van der Waals surface area (Å²) in [5, 5.41) is 0. The van der Waals surface area contributed by atoms with E-state index in [9.17, 15) is 23.6 Å². The predicted molar refractivity (Wildman–Crippen MR) is 121 cm³/mol. The first-order chi connectivity index (χ1) is 16.9. The maximum absolute atomic E-state index is 14.7. The van der Waals surface area contributed by atoms with E-state index >= 15 is 0 Å². The van der Waals surface area contributed by atoms with Crippen LogP contribution in [0.15, 0.2) is 72.8 Å². The fourth-order valence-electron chi connectivity index (χ4n) is 5.48. The highest BCUT2D eigenvalue weighted by Gasteiger charge is 2.74. The van der Waals surface area contributed by atoms with Gasteiger partial charge in [-0.25, -0.2) is 9.29 Å². The molecule has 0 saturated carbocycles. The first-order valence-corrected chi connectivity index (χ1v) is 11.0. The summed E-state index contributed by atoms with van der Waals surface area (Å²) < 4.78 is 26.1. The third kappa shape index (κ3) is 2.68. The number of ether oxygens (including phenoxy) is 2. The molecule has 3 aromatic rings. The van der Waals surface area contributed by atoms with Crippen molar-refractivity contribution in [1.29, 1.82) is 0 Å². The van der Waals surface area contributed by atoms with Crippen LogP contribution in [-0.2, 0) is 14.3 Å². The van der Waals surface area contributed by atoms with Gasteiger partial charge in [0.05, 0.1) is 30.7 Å². The van der Waals surface area contributed by atoms with E-state index in [1.807, 2.05) is 0 Å². The van der Waals surface area contributed by atoms with Crippen LogP contribution in [0.4, 0.5) is 10.1 Å². The van der Waals surface area contributed by atoms with Crippen molar-refractivity contribution in [3.05, 3.63) is 95.3 Å². The van der Waals surface area contributed by atoms with Gasteiger partial charge < -0.3 is 9.47 Å². The van der Waals surface area contributed by atoms with Crippen molar-refractivity contribution in [3.8, 4) is 5.75 Å². The summed E-state index contributed by atoms with van der Waals surface area (Å²) in [6, 6.07) is 18.2. The lowest BCUT2D eigenvalue weighted by Gasteiger charge is -2.27. The second-order valence-corrected chi connectivity index (χ2v) is 8.72. The minimum absolute atomic E-state index is 0.135. The van der Waals surface area contributed by atoms with Crippen molar-refractivity contribution < 1.29 is 33.0 Å². The molecular weight excluding hydrogens is 453 g/mol. The Bertz CT molecular complexity index is 1400. The highest BCUT2D eigenvalue weighted by Crippen LogP contribution is 2.57. The fourth-order valence-corrected chi connectivity index (χ4v) is 5.48. The summed E-state index contributed by atoms with van der Waals surface area (Å²) in [6.45, 7) is 0. The molecule has 1 spiro atoms. The van der Waals surface area contributed by atoms with E-state index in [0.717, 1.165) is 11.0 Å². The number of rotatable bonds is 3. The van der Waals surface area contributed by atoms with Gasteiger partial charge in [0.15, 0.2) is 0 Å². The number of carbonyl (C=O) groups excluding carboxylic acids is 4. The van der Waals surface area contributed by atoms with Gasteiger partial charge in [0.25, 0.3) is 0 Å². The topological polar surface area (TPSA) is 90.0 Å². The molecule has 0 radical (unpaired) electrons. The number of hydrogen-bond acceptors (Lipinski definition) is 6. The van der Waals surface area contributed by atoms with E-state index < -0.39 is 52.7 Å². The smallest absolute Gasteiger partial charge is 0.241 e. The van der Waals surface area contributed by atoms with E-state index in [0.29, 0.717) is 11.3 Å². The molecule has 35 heavy (non-hydrogen) atoms. The Kier molecular flexibility index (Phi) is 4.53. The monoisotopic (exact) mass is 471 g/mol. The van der Waals surface area contributed by atoms with Gasteiger partial charge in [0, 0.05) is 11.1 Å². The fraction of sp³-hybridized carbons (Fsp3) is 0.185. The van der Waals surface area contributed by atoms with Crippen molar-refractivity contribution in [2.75, 3.05) is 12.0 Å². The second kappa shape index (κ2) is 7.41. The van der Waals surface area contributed by atoms with E-state index in [2.05, 4.69) is 0 Å². The molecule has 0 unspecified atom stereocenters. The SMILES string of the molecule is COc1ccc([C@H]2OC3(C(=O)c4ccccc4C3=O)[C@H]3C(=O)N(c4ccccc4F)C(=O)[C@H]23)cc1. The Morgan fingerprint density at radius 1 is 0.829 bits per heavy atom. The summed E-state index contributed by atoms with van der Waals surface area (Å²) in [5.41, 5.74) is -1.67. The van der Waals surface area contributed by atoms with Crippen molar-refractivity contribution in [2.45, 2.75) is 11.7 Å². The number of imide groups is 1. The van der Waals surface area contributed by atoms with Crippen LogP contribution >= 0.6 is 0 Å². The number of ketones is 2. The van der Waals surface area contributed by atoms with Crippen LogP contribution in [-0.4, -0.2) is 36.1 Å². The third-order valence-corrected chi connectivity index (χ3v) is 7.06. The Morgan fingerprint density at radius 2 is 1.43 bits per heavy atom. The zero-order chi connectivity index (χ0) is 24.5. The quantitative estimate of drug-likeness (QED) is 0.429. The van der Waals surface area contributed by atoms with Crippen molar-refractivity contribution in [3.63, 3.8) is 0 Å². The number of Topliss-reactive ketones (excluding diaryl/α,β-unsaturated/α-hetero) is 2. The Balaban J connectivity index is 1.54. The molecule has 1 aliphatic carbocycles. The molecule has 0 bridgehead atoms.